The summed E-state index contributed by atoms with van der Waals surface area (Å²) in [5.74, 6) is -1.24. The Labute approximate surface area is 173 Å². The van der Waals surface area contributed by atoms with Gasteiger partial charge in [0.2, 0.25) is 0 Å². The molecule has 1 unspecified atom stereocenters. The Balaban J connectivity index is 1.58. The number of carbonyl (C=O) groups excluding carboxylic acids is 1. The van der Waals surface area contributed by atoms with Crippen LogP contribution in [0.5, 0.6) is 0 Å². The molecule has 0 radical (unpaired) electrons. The summed E-state index contributed by atoms with van der Waals surface area (Å²) in [6, 6.07) is -0.324. The third-order valence-electron chi connectivity index (χ3n) is 5.40. The number of aryl methyl sites for hydroxylation is 1. The number of alkyl halides is 6. The van der Waals surface area contributed by atoms with Crippen molar-refractivity contribution in [2.75, 3.05) is 31.2 Å². The van der Waals surface area contributed by atoms with Gasteiger partial charge in [-0.05, 0) is 25.7 Å². The van der Waals surface area contributed by atoms with Crippen LogP contribution in [0, 0.1) is 12.8 Å². The zero-order valence-electron chi connectivity index (χ0n) is 16.5. The van der Waals surface area contributed by atoms with Gasteiger partial charge < -0.3 is 10.2 Å². The standard InChI is InChI=1S/C18H20F6N6O/c1-10-6-13(29-5-4-28(9-29)8-17(19,20)21)26-15-12(7-25-30(10)15)16(31)27-14(11-2-3-11)18(22,23)24/h6-7,11,14H,2-5,8-9H2,1H3,(H,27,31). The molecule has 170 valence electrons. The zero-order chi connectivity index (χ0) is 22.6. The maximum Gasteiger partial charge on any atom is 0.408 e. The second-order valence-electron chi connectivity index (χ2n) is 7.95. The van der Waals surface area contributed by atoms with E-state index in [9.17, 15) is 31.1 Å². The van der Waals surface area contributed by atoms with Crippen LogP contribution in [0.2, 0.25) is 0 Å². The molecule has 0 bridgehead atoms. The number of aromatic nitrogens is 3. The summed E-state index contributed by atoms with van der Waals surface area (Å²) in [4.78, 5) is 19.8. The van der Waals surface area contributed by atoms with E-state index in [4.69, 9.17) is 0 Å². The van der Waals surface area contributed by atoms with Crippen LogP contribution in [0.4, 0.5) is 32.2 Å². The van der Waals surface area contributed by atoms with Gasteiger partial charge in [-0.15, -0.1) is 0 Å². The van der Waals surface area contributed by atoms with Crippen molar-refractivity contribution in [3.63, 3.8) is 0 Å². The maximum absolute atomic E-state index is 13.3. The highest BCUT2D eigenvalue weighted by Crippen LogP contribution is 2.40. The average Bonchev–Trinajstić information content (AvgIpc) is 3.20. The predicted molar refractivity (Wildman–Crippen MR) is 97.6 cm³/mol. The quantitative estimate of drug-likeness (QED) is 0.710. The van der Waals surface area contributed by atoms with Gasteiger partial charge in [-0.2, -0.15) is 31.4 Å². The number of hydrogen-bond acceptors (Lipinski definition) is 5. The molecule has 0 aromatic carbocycles. The van der Waals surface area contributed by atoms with Gasteiger partial charge in [-0.1, -0.05) is 0 Å². The first-order chi connectivity index (χ1) is 14.4. The number of rotatable bonds is 5. The molecule has 2 aromatic heterocycles. The van der Waals surface area contributed by atoms with Crippen molar-refractivity contribution in [1.82, 2.24) is 24.8 Å². The van der Waals surface area contributed by atoms with Gasteiger partial charge in [0.15, 0.2) is 5.65 Å². The van der Waals surface area contributed by atoms with Gasteiger partial charge in [0.25, 0.3) is 5.91 Å². The third-order valence-corrected chi connectivity index (χ3v) is 5.40. The Morgan fingerprint density at radius 3 is 2.55 bits per heavy atom. The van der Waals surface area contributed by atoms with E-state index < -0.39 is 36.8 Å². The minimum absolute atomic E-state index is 0.00435. The molecule has 2 aromatic rings. The number of halogens is 6. The van der Waals surface area contributed by atoms with E-state index in [0.717, 1.165) is 6.20 Å². The van der Waals surface area contributed by atoms with Crippen LogP contribution in [0.3, 0.4) is 0 Å². The molecule has 7 nitrogen and oxygen atoms in total. The summed E-state index contributed by atoms with van der Waals surface area (Å²) in [5.41, 5.74) is 0.479. The summed E-state index contributed by atoms with van der Waals surface area (Å²) in [6.45, 7) is 1.10. The Morgan fingerprint density at radius 1 is 1.23 bits per heavy atom. The highest BCUT2D eigenvalue weighted by molar-refractivity contribution is 6.00. The van der Waals surface area contributed by atoms with Crippen LogP contribution in [0.1, 0.15) is 28.9 Å². The van der Waals surface area contributed by atoms with E-state index in [1.165, 1.54) is 9.42 Å². The lowest BCUT2D eigenvalue weighted by Gasteiger charge is -2.21. The minimum atomic E-state index is -4.56. The number of nitrogens with zero attached hydrogens (tertiary/aromatic N) is 5. The molecule has 0 spiro atoms. The average molecular weight is 450 g/mol. The first kappa shape index (κ1) is 21.7. The molecule has 1 N–H and O–H groups in total. The van der Waals surface area contributed by atoms with Crippen LogP contribution >= 0.6 is 0 Å². The lowest BCUT2D eigenvalue weighted by molar-refractivity contribution is -0.158. The molecule has 3 heterocycles. The molecule has 1 atom stereocenters. The molecule has 1 saturated carbocycles. The van der Waals surface area contributed by atoms with Crippen molar-refractivity contribution in [3.05, 3.63) is 23.5 Å². The fourth-order valence-electron chi connectivity index (χ4n) is 3.75. The second-order valence-corrected chi connectivity index (χ2v) is 7.95. The van der Waals surface area contributed by atoms with Gasteiger partial charge >= 0.3 is 12.4 Å². The lowest BCUT2D eigenvalue weighted by atomic mass is 10.1. The summed E-state index contributed by atoms with van der Waals surface area (Å²) < 4.78 is 79.1. The van der Waals surface area contributed by atoms with Gasteiger partial charge in [0, 0.05) is 24.8 Å². The number of amides is 1. The molecule has 4 rings (SSSR count). The highest BCUT2D eigenvalue weighted by atomic mass is 19.4. The van der Waals surface area contributed by atoms with E-state index in [0.29, 0.717) is 30.9 Å². The van der Waals surface area contributed by atoms with Crippen molar-refractivity contribution in [2.45, 2.75) is 38.2 Å². The summed E-state index contributed by atoms with van der Waals surface area (Å²) in [5, 5.41) is 6.09. The molecule has 1 amide bonds. The Kier molecular flexibility index (Phi) is 5.26. The summed E-state index contributed by atoms with van der Waals surface area (Å²) >= 11 is 0. The Hall–Kier alpha value is -2.57. The summed E-state index contributed by atoms with van der Waals surface area (Å²) in [6.07, 6.45) is -6.95. The normalized spacial score (nSPS) is 19.3. The van der Waals surface area contributed by atoms with Crippen molar-refractivity contribution in [2.24, 2.45) is 5.92 Å². The van der Waals surface area contributed by atoms with Gasteiger partial charge in [0.05, 0.1) is 19.4 Å². The smallest absolute Gasteiger partial charge is 0.342 e. The van der Waals surface area contributed by atoms with Crippen molar-refractivity contribution in [1.29, 1.82) is 0 Å². The van der Waals surface area contributed by atoms with Crippen LogP contribution in [0.15, 0.2) is 12.3 Å². The van der Waals surface area contributed by atoms with Crippen LogP contribution in [0.25, 0.3) is 5.65 Å². The van der Waals surface area contributed by atoms with Crippen LogP contribution < -0.4 is 10.2 Å². The molecule has 2 aliphatic rings. The molecule has 1 saturated heterocycles. The molecule has 1 aliphatic heterocycles. The SMILES string of the molecule is Cc1cc(N2CCN(CC(F)(F)F)C2)nc2c(C(=O)NC(C3CC3)C(F)(F)F)cnn12. The Bertz CT molecular complexity index is 982. The molecule has 2 fully saturated rings. The third kappa shape index (κ3) is 4.70. The number of hydrogen-bond donors (Lipinski definition) is 1. The van der Waals surface area contributed by atoms with E-state index in [2.05, 4.69) is 15.4 Å². The summed E-state index contributed by atoms with van der Waals surface area (Å²) in [7, 11) is 0. The minimum Gasteiger partial charge on any atom is -0.342 e. The largest absolute Gasteiger partial charge is 0.408 e. The van der Waals surface area contributed by atoms with Crippen LogP contribution in [-0.4, -0.2) is 70.1 Å². The Morgan fingerprint density at radius 2 is 1.94 bits per heavy atom. The first-order valence-electron chi connectivity index (χ1n) is 9.69. The fourth-order valence-corrected chi connectivity index (χ4v) is 3.75. The number of fused-ring (bicyclic) bond motifs is 1. The van der Waals surface area contributed by atoms with Crippen molar-refractivity contribution < 1.29 is 31.1 Å². The van der Waals surface area contributed by atoms with E-state index in [1.54, 1.807) is 17.9 Å². The highest BCUT2D eigenvalue weighted by Gasteiger charge is 2.50. The molecule has 1 aliphatic carbocycles. The fraction of sp³-hybridized carbons (Fsp3) is 0.611. The maximum atomic E-state index is 13.3. The molecular weight excluding hydrogens is 430 g/mol. The van der Waals surface area contributed by atoms with Gasteiger partial charge in [-0.3, -0.25) is 9.69 Å². The lowest BCUT2D eigenvalue weighted by Crippen LogP contribution is -2.46. The first-order valence-corrected chi connectivity index (χ1v) is 9.69. The molecular formula is C18H20F6N6O. The number of carbonyl (C=O) groups is 1. The molecule has 13 heteroatoms. The zero-order valence-corrected chi connectivity index (χ0v) is 16.5. The second kappa shape index (κ2) is 7.53. The number of nitrogens with one attached hydrogen (secondary N) is 1. The van der Waals surface area contributed by atoms with E-state index in [-0.39, 0.29) is 24.4 Å². The number of anilines is 1. The van der Waals surface area contributed by atoms with Gasteiger partial charge in [0.1, 0.15) is 17.4 Å². The molecule has 31 heavy (non-hydrogen) atoms. The van der Waals surface area contributed by atoms with Gasteiger partial charge in [-0.25, -0.2) is 9.50 Å². The van der Waals surface area contributed by atoms with E-state index in [1.807, 2.05) is 0 Å². The topological polar surface area (TPSA) is 65.8 Å². The van der Waals surface area contributed by atoms with Crippen molar-refractivity contribution >= 4 is 17.4 Å². The monoisotopic (exact) mass is 450 g/mol. The van der Waals surface area contributed by atoms with Crippen LogP contribution in [-0.2, 0) is 0 Å². The van der Waals surface area contributed by atoms with Crippen molar-refractivity contribution in [3.8, 4) is 0 Å². The predicted octanol–water partition coefficient (Wildman–Crippen LogP) is 2.75. The van der Waals surface area contributed by atoms with E-state index >= 15 is 0 Å².